The lowest BCUT2D eigenvalue weighted by Crippen LogP contribution is -2.37. The van der Waals surface area contributed by atoms with E-state index in [0.717, 1.165) is 21.7 Å². The minimum absolute atomic E-state index is 0.0964. The van der Waals surface area contributed by atoms with E-state index < -0.39 is 5.25 Å². The molecule has 2 aromatic carbocycles. The van der Waals surface area contributed by atoms with E-state index in [2.05, 4.69) is 10.6 Å². The maximum Gasteiger partial charge on any atom is 0.243 e. The van der Waals surface area contributed by atoms with Crippen LogP contribution in [-0.4, -0.2) is 23.6 Å². The normalized spacial score (nSPS) is 11.7. The number of hydrogen-bond acceptors (Lipinski definition) is 3. The van der Waals surface area contributed by atoms with Gasteiger partial charge in [0.15, 0.2) is 0 Å². The summed E-state index contributed by atoms with van der Waals surface area (Å²) >= 11 is 13.4. The molecule has 0 saturated heterocycles. The minimum atomic E-state index is -0.418. The third kappa shape index (κ3) is 5.66. The van der Waals surface area contributed by atoms with Crippen LogP contribution in [-0.2, 0) is 9.59 Å². The number of rotatable bonds is 6. The van der Waals surface area contributed by atoms with Gasteiger partial charge in [0.05, 0.1) is 16.8 Å². The van der Waals surface area contributed by atoms with Crippen LogP contribution in [0.25, 0.3) is 0 Å². The van der Waals surface area contributed by atoms with Crippen molar-refractivity contribution in [3.05, 3.63) is 57.6 Å². The van der Waals surface area contributed by atoms with Gasteiger partial charge in [-0.3, -0.25) is 9.59 Å². The predicted molar refractivity (Wildman–Crippen MR) is 109 cm³/mol. The molecule has 2 amide bonds. The Morgan fingerprint density at radius 3 is 2.42 bits per heavy atom. The molecule has 0 aliphatic rings. The molecule has 0 saturated carbocycles. The van der Waals surface area contributed by atoms with Crippen LogP contribution in [0.3, 0.4) is 0 Å². The van der Waals surface area contributed by atoms with E-state index in [1.807, 2.05) is 32.0 Å². The summed E-state index contributed by atoms with van der Waals surface area (Å²) in [5, 5.41) is 6.16. The molecular formula is C19H20Cl2N2O2S. The van der Waals surface area contributed by atoms with Crippen LogP contribution in [0, 0.1) is 13.8 Å². The average molecular weight is 411 g/mol. The van der Waals surface area contributed by atoms with Crippen LogP contribution in [0.4, 0.5) is 5.69 Å². The first-order valence-corrected chi connectivity index (χ1v) is 9.67. The van der Waals surface area contributed by atoms with Crippen LogP contribution in [0.2, 0.25) is 10.0 Å². The summed E-state index contributed by atoms with van der Waals surface area (Å²) in [4.78, 5) is 25.1. The minimum Gasteiger partial charge on any atom is -0.346 e. The van der Waals surface area contributed by atoms with Gasteiger partial charge in [0.2, 0.25) is 11.8 Å². The van der Waals surface area contributed by atoms with Crippen molar-refractivity contribution in [2.45, 2.75) is 30.9 Å². The quantitative estimate of drug-likeness (QED) is 0.669. The van der Waals surface area contributed by atoms with Crippen LogP contribution < -0.4 is 10.6 Å². The van der Waals surface area contributed by atoms with Gasteiger partial charge in [0.25, 0.3) is 0 Å². The van der Waals surface area contributed by atoms with Crippen molar-refractivity contribution in [1.82, 2.24) is 5.32 Å². The number of nitrogens with one attached hydrogen (secondary N) is 2. The molecule has 2 N–H and O–H groups in total. The first-order chi connectivity index (χ1) is 12.3. The van der Waals surface area contributed by atoms with E-state index in [1.54, 1.807) is 25.1 Å². The van der Waals surface area contributed by atoms with Crippen LogP contribution in [0.15, 0.2) is 41.3 Å². The lowest BCUT2D eigenvalue weighted by atomic mass is 10.1. The highest BCUT2D eigenvalue weighted by molar-refractivity contribution is 8.00. The monoisotopic (exact) mass is 410 g/mol. The number of aryl methyl sites for hydroxylation is 2. The first-order valence-electron chi connectivity index (χ1n) is 8.03. The molecule has 138 valence electrons. The van der Waals surface area contributed by atoms with Gasteiger partial charge in [-0.1, -0.05) is 41.4 Å². The van der Waals surface area contributed by atoms with Gasteiger partial charge in [-0.05, 0) is 50.1 Å². The molecule has 4 nitrogen and oxygen atoms in total. The first kappa shape index (κ1) is 20.6. The van der Waals surface area contributed by atoms with Gasteiger partial charge in [0.1, 0.15) is 0 Å². The molecule has 0 fully saturated rings. The Morgan fingerprint density at radius 2 is 1.77 bits per heavy atom. The van der Waals surface area contributed by atoms with E-state index in [0.29, 0.717) is 10.0 Å². The number of amides is 2. The molecule has 0 aromatic heterocycles. The summed E-state index contributed by atoms with van der Waals surface area (Å²) in [7, 11) is 0. The van der Waals surface area contributed by atoms with Gasteiger partial charge < -0.3 is 10.6 Å². The van der Waals surface area contributed by atoms with E-state index in [1.165, 1.54) is 11.8 Å². The van der Waals surface area contributed by atoms with Crippen molar-refractivity contribution < 1.29 is 9.59 Å². The molecule has 2 aromatic rings. The van der Waals surface area contributed by atoms with Crippen molar-refractivity contribution in [2.24, 2.45) is 0 Å². The van der Waals surface area contributed by atoms with E-state index >= 15 is 0 Å². The molecule has 0 aliphatic heterocycles. The highest BCUT2D eigenvalue weighted by Gasteiger charge is 2.17. The second kappa shape index (κ2) is 9.31. The third-order valence-electron chi connectivity index (χ3n) is 3.73. The van der Waals surface area contributed by atoms with E-state index in [-0.39, 0.29) is 18.4 Å². The fraction of sp³-hybridized carbons (Fsp3) is 0.263. The lowest BCUT2D eigenvalue weighted by Gasteiger charge is -2.14. The van der Waals surface area contributed by atoms with Gasteiger partial charge in [-0.15, -0.1) is 11.8 Å². The molecule has 26 heavy (non-hydrogen) atoms. The fourth-order valence-electron chi connectivity index (χ4n) is 2.32. The molecule has 0 radical (unpaired) electrons. The summed E-state index contributed by atoms with van der Waals surface area (Å²) in [6.07, 6.45) is 0. The summed E-state index contributed by atoms with van der Waals surface area (Å²) in [5.41, 5.74) is 2.73. The van der Waals surface area contributed by atoms with Gasteiger partial charge in [-0.25, -0.2) is 0 Å². The van der Waals surface area contributed by atoms with E-state index in [4.69, 9.17) is 23.2 Å². The highest BCUT2D eigenvalue weighted by Crippen LogP contribution is 2.32. The molecule has 0 spiro atoms. The number of benzene rings is 2. The second-order valence-corrected chi connectivity index (χ2v) is 8.09. The molecule has 2 rings (SSSR count). The predicted octanol–water partition coefficient (Wildman–Crippen LogP) is 4.85. The lowest BCUT2D eigenvalue weighted by molar-refractivity contribution is -0.123. The molecule has 0 bridgehead atoms. The number of thioether (sulfide) groups is 1. The Morgan fingerprint density at radius 1 is 1.12 bits per heavy atom. The SMILES string of the molecule is Cc1cccc(C)c1NC(=O)CNC(=O)[C@H](C)Sc1cc(Cl)ccc1Cl. The van der Waals surface area contributed by atoms with Crippen LogP contribution >= 0.6 is 35.0 Å². The maximum atomic E-state index is 12.2. The highest BCUT2D eigenvalue weighted by atomic mass is 35.5. The van der Waals surface area contributed by atoms with Crippen molar-refractivity contribution in [1.29, 1.82) is 0 Å². The number of anilines is 1. The molecule has 0 aliphatic carbocycles. The Bertz CT molecular complexity index is 807. The molecular weight excluding hydrogens is 391 g/mol. The van der Waals surface area contributed by atoms with Crippen molar-refractivity contribution in [3.63, 3.8) is 0 Å². The van der Waals surface area contributed by atoms with Gasteiger partial charge in [0, 0.05) is 15.6 Å². The zero-order valence-corrected chi connectivity index (χ0v) is 17.1. The topological polar surface area (TPSA) is 58.2 Å². The largest absolute Gasteiger partial charge is 0.346 e. The zero-order valence-electron chi connectivity index (χ0n) is 14.7. The summed E-state index contributed by atoms with van der Waals surface area (Å²) in [6.45, 7) is 5.50. The number of hydrogen-bond donors (Lipinski definition) is 2. The molecule has 0 heterocycles. The molecule has 1 atom stereocenters. The Hall–Kier alpha value is -1.69. The number of carbonyl (C=O) groups is 2. The second-order valence-electron chi connectivity index (χ2n) is 5.87. The van der Waals surface area contributed by atoms with Crippen molar-refractivity contribution >= 4 is 52.5 Å². The van der Waals surface area contributed by atoms with Gasteiger partial charge in [-0.2, -0.15) is 0 Å². The average Bonchev–Trinajstić information content (AvgIpc) is 2.59. The van der Waals surface area contributed by atoms with Crippen LogP contribution in [0.5, 0.6) is 0 Å². The summed E-state index contributed by atoms with van der Waals surface area (Å²) < 4.78 is 0. The van der Waals surface area contributed by atoms with Gasteiger partial charge >= 0.3 is 0 Å². The summed E-state index contributed by atoms with van der Waals surface area (Å²) in [6, 6.07) is 10.9. The Labute approximate surface area is 167 Å². The molecule has 0 unspecified atom stereocenters. The fourth-order valence-corrected chi connectivity index (χ4v) is 3.75. The standard InChI is InChI=1S/C19H20Cl2N2O2S/c1-11-5-4-6-12(2)18(11)23-17(24)10-22-19(25)13(3)26-16-9-14(20)7-8-15(16)21/h4-9,13H,10H2,1-3H3,(H,22,25)(H,23,24)/t13-/m0/s1. The number of para-hydroxylation sites is 1. The maximum absolute atomic E-state index is 12.2. The van der Waals surface area contributed by atoms with Crippen LogP contribution in [0.1, 0.15) is 18.1 Å². The number of halogens is 2. The Kier molecular flexibility index (Phi) is 7.38. The van der Waals surface area contributed by atoms with Crippen molar-refractivity contribution in [3.8, 4) is 0 Å². The number of carbonyl (C=O) groups excluding carboxylic acids is 2. The van der Waals surface area contributed by atoms with E-state index in [9.17, 15) is 9.59 Å². The summed E-state index contributed by atoms with van der Waals surface area (Å²) in [5.74, 6) is -0.517. The Balaban J connectivity index is 1.89. The zero-order chi connectivity index (χ0) is 19.3. The molecule has 7 heteroatoms. The van der Waals surface area contributed by atoms with Crippen molar-refractivity contribution in [2.75, 3.05) is 11.9 Å². The third-order valence-corrected chi connectivity index (χ3v) is 5.57. The smallest absolute Gasteiger partial charge is 0.243 e.